The predicted molar refractivity (Wildman–Crippen MR) is 76.4 cm³/mol. The van der Waals surface area contributed by atoms with Gasteiger partial charge < -0.3 is 10.6 Å². The molecule has 0 saturated heterocycles. The van der Waals surface area contributed by atoms with Crippen LogP contribution in [-0.2, 0) is 4.79 Å². The molecule has 2 heterocycles. The van der Waals surface area contributed by atoms with Crippen LogP contribution < -0.4 is 10.6 Å². The molecule has 2 aromatic heterocycles. The van der Waals surface area contributed by atoms with Gasteiger partial charge in [-0.1, -0.05) is 0 Å². The molecule has 19 heavy (non-hydrogen) atoms. The number of aromatic nitrogens is 2. The number of hydrogen-bond donors (Lipinski definition) is 2. The summed E-state index contributed by atoms with van der Waals surface area (Å²) >= 11 is 1.63. The van der Waals surface area contributed by atoms with E-state index in [4.69, 9.17) is 0 Å². The van der Waals surface area contributed by atoms with Crippen molar-refractivity contribution < 1.29 is 4.79 Å². The van der Waals surface area contributed by atoms with Gasteiger partial charge in [0.2, 0.25) is 5.91 Å². The maximum Gasteiger partial charge on any atom is 0.221 e. The van der Waals surface area contributed by atoms with Gasteiger partial charge in [-0.2, -0.15) is 0 Å². The van der Waals surface area contributed by atoms with E-state index in [0.29, 0.717) is 19.0 Å². The summed E-state index contributed by atoms with van der Waals surface area (Å²) in [5, 5.41) is 8.27. The number of thiophene rings is 1. The van der Waals surface area contributed by atoms with E-state index in [9.17, 15) is 4.79 Å². The number of aryl methyl sites for hydroxylation is 1. The van der Waals surface area contributed by atoms with Crippen molar-refractivity contribution in [2.24, 2.45) is 0 Å². The van der Waals surface area contributed by atoms with Gasteiger partial charge in [0.05, 0.1) is 10.2 Å². The molecule has 0 unspecified atom stereocenters. The van der Waals surface area contributed by atoms with E-state index in [2.05, 4.69) is 26.0 Å². The fourth-order valence-corrected chi connectivity index (χ4v) is 2.89. The van der Waals surface area contributed by atoms with Crippen LogP contribution in [0, 0.1) is 6.92 Å². The van der Waals surface area contributed by atoms with Crippen LogP contribution in [-0.4, -0.2) is 28.5 Å². The lowest BCUT2D eigenvalue weighted by Gasteiger charge is -2.06. The Balaban J connectivity index is 1.60. The van der Waals surface area contributed by atoms with Crippen molar-refractivity contribution in [1.29, 1.82) is 0 Å². The molecule has 0 aliphatic heterocycles. The van der Waals surface area contributed by atoms with Crippen LogP contribution >= 0.6 is 11.3 Å². The Morgan fingerprint density at radius 3 is 3.11 bits per heavy atom. The molecule has 0 radical (unpaired) electrons. The van der Waals surface area contributed by atoms with Crippen LogP contribution in [0.4, 0.5) is 5.82 Å². The Hall–Kier alpha value is -1.69. The summed E-state index contributed by atoms with van der Waals surface area (Å²) in [6.45, 7) is 2.64. The Bertz CT molecular complexity index is 606. The number of nitrogens with zero attached hydrogens (tertiary/aromatic N) is 2. The van der Waals surface area contributed by atoms with Crippen LogP contribution in [0.15, 0.2) is 11.7 Å². The summed E-state index contributed by atoms with van der Waals surface area (Å²) in [6.07, 6.45) is 4.29. The van der Waals surface area contributed by atoms with E-state index in [0.717, 1.165) is 34.4 Å². The zero-order valence-electron chi connectivity index (χ0n) is 10.8. The number of hydrogen-bond acceptors (Lipinski definition) is 5. The van der Waals surface area contributed by atoms with E-state index >= 15 is 0 Å². The first-order valence-corrected chi connectivity index (χ1v) is 7.34. The molecule has 0 atom stereocenters. The first-order valence-electron chi connectivity index (χ1n) is 6.46. The molecule has 100 valence electrons. The third-order valence-corrected chi connectivity index (χ3v) is 4.21. The van der Waals surface area contributed by atoms with Gasteiger partial charge >= 0.3 is 0 Å². The Labute approximate surface area is 115 Å². The smallest absolute Gasteiger partial charge is 0.221 e. The molecule has 1 amide bonds. The molecule has 0 bridgehead atoms. The largest absolute Gasteiger partial charge is 0.368 e. The fraction of sp³-hybridized carbons (Fsp3) is 0.462. The first kappa shape index (κ1) is 12.3. The van der Waals surface area contributed by atoms with Crippen molar-refractivity contribution in [3.05, 3.63) is 17.3 Å². The molecular weight excluding hydrogens is 260 g/mol. The summed E-state index contributed by atoms with van der Waals surface area (Å²) in [4.78, 5) is 20.1. The standard InChI is InChI=1S/C13H16N4OS/c1-8-6-19-12-11(8)15-7-16-13(12)14-5-4-10(18)17-9-2-3-9/h6-7,9H,2-5H2,1H3,(H,17,18)(H,14,15,16). The molecule has 2 N–H and O–H groups in total. The van der Waals surface area contributed by atoms with Crippen LogP contribution in [0.1, 0.15) is 24.8 Å². The summed E-state index contributed by atoms with van der Waals surface area (Å²) in [6, 6.07) is 0.429. The van der Waals surface area contributed by atoms with Gasteiger partial charge in [-0.25, -0.2) is 9.97 Å². The number of amides is 1. The van der Waals surface area contributed by atoms with Crippen LogP contribution in [0.25, 0.3) is 10.2 Å². The Morgan fingerprint density at radius 1 is 1.47 bits per heavy atom. The average molecular weight is 276 g/mol. The molecule has 1 aliphatic rings. The van der Waals surface area contributed by atoms with E-state index < -0.39 is 0 Å². The highest BCUT2D eigenvalue weighted by Gasteiger charge is 2.22. The minimum atomic E-state index is 0.114. The third kappa shape index (κ3) is 2.84. The van der Waals surface area contributed by atoms with Crippen molar-refractivity contribution in [2.75, 3.05) is 11.9 Å². The van der Waals surface area contributed by atoms with Crippen molar-refractivity contribution >= 4 is 33.3 Å². The van der Waals surface area contributed by atoms with Gasteiger partial charge in [-0.05, 0) is 30.7 Å². The van der Waals surface area contributed by atoms with E-state index in [-0.39, 0.29) is 5.91 Å². The topological polar surface area (TPSA) is 66.9 Å². The summed E-state index contributed by atoms with van der Waals surface area (Å²) in [5.74, 6) is 0.935. The fourth-order valence-electron chi connectivity index (χ4n) is 1.92. The van der Waals surface area contributed by atoms with Crippen molar-refractivity contribution in [1.82, 2.24) is 15.3 Å². The maximum atomic E-state index is 11.6. The normalized spacial score (nSPS) is 14.6. The molecule has 1 fully saturated rings. The highest BCUT2D eigenvalue weighted by Crippen LogP contribution is 2.28. The van der Waals surface area contributed by atoms with Gasteiger partial charge in [0.15, 0.2) is 0 Å². The zero-order valence-corrected chi connectivity index (χ0v) is 11.6. The van der Waals surface area contributed by atoms with Crippen molar-refractivity contribution in [3.63, 3.8) is 0 Å². The van der Waals surface area contributed by atoms with E-state index in [1.807, 2.05) is 6.92 Å². The van der Waals surface area contributed by atoms with Gasteiger partial charge in [0.1, 0.15) is 12.1 Å². The molecule has 5 nitrogen and oxygen atoms in total. The van der Waals surface area contributed by atoms with Crippen LogP contribution in [0.3, 0.4) is 0 Å². The Morgan fingerprint density at radius 2 is 2.32 bits per heavy atom. The number of nitrogens with one attached hydrogen (secondary N) is 2. The molecule has 2 aromatic rings. The number of carbonyl (C=O) groups excluding carboxylic acids is 1. The van der Waals surface area contributed by atoms with E-state index in [1.54, 1.807) is 17.7 Å². The van der Waals surface area contributed by atoms with Gasteiger partial charge in [-0.3, -0.25) is 4.79 Å². The highest BCUT2D eigenvalue weighted by molar-refractivity contribution is 7.18. The lowest BCUT2D eigenvalue weighted by atomic mass is 10.3. The predicted octanol–water partition coefficient (Wildman–Crippen LogP) is 2.08. The lowest BCUT2D eigenvalue weighted by Crippen LogP contribution is -2.27. The summed E-state index contributed by atoms with van der Waals surface area (Å²) in [7, 11) is 0. The molecule has 0 spiro atoms. The number of anilines is 1. The van der Waals surface area contributed by atoms with Gasteiger partial charge in [-0.15, -0.1) is 11.3 Å². The van der Waals surface area contributed by atoms with E-state index in [1.165, 1.54) is 0 Å². The van der Waals surface area contributed by atoms with Crippen LogP contribution in [0.2, 0.25) is 0 Å². The highest BCUT2D eigenvalue weighted by atomic mass is 32.1. The van der Waals surface area contributed by atoms with Gasteiger partial charge in [0, 0.05) is 19.0 Å². The molecule has 1 aliphatic carbocycles. The molecule has 1 saturated carbocycles. The zero-order chi connectivity index (χ0) is 13.2. The lowest BCUT2D eigenvalue weighted by molar-refractivity contribution is -0.120. The second kappa shape index (κ2) is 5.13. The van der Waals surface area contributed by atoms with Crippen LogP contribution in [0.5, 0.6) is 0 Å². The maximum absolute atomic E-state index is 11.6. The quantitative estimate of drug-likeness (QED) is 0.877. The first-order chi connectivity index (χ1) is 9.24. The van der Waals surface area contributed by atoms with Crippen molar-refractivity contribution in [2.45, 2.75) is 32.2 Å². The minimum Gasteiger partial charge on any atom is -0.368 e. The number of fused-ring (bicyclic) bond motifs is 1. The molecule has 6 heteroatoms. The minimum absolute atomic E-state index is 0.114. The van der Waals surface area contributed by atoms with Crippen molar-refractivity contribution in [3.8, 4) is 0 Å². The van der Waals surface area contributed by atoms with Gasteiger partial charge in [0.25, 0.3) is 0 Å². The average Bonchev–Trinajstić information content (AvgIpc) is 3.12. The second-order valence-corrected chi connectivity index (χ2v) is 5.72. The second-order valence-electron chi connectivity index (χ2n) is 4.84. The SMILES string of the molecule is Cc1csc2c(NCCC(=O)NC3CC3)ncnc12. The summed E-state index contributed by atoms with van der Waals surface area (Å²) < 4.78 is 1.06. The number of carbonyl (C=O) groups is 1. The number of rotatable bonds is 5. The summed E-state index contributed by atoms with van der Waals surface area (Å²) in [5.41, 5.74) is 2.15. The monoisotopic (exact) mass is 276 g/mol. The third-order valence-electron chi connectivity index (χ3n) is 3.12. The molecule has 0 aromatic carbocycles. The Kier molecular flexibility index (Phi) is 3.33. The molecular formula is C13H16N4OS. The molecule has 3 rings (SSSR count).